The van der Waals surface area contributed by atoms with Crippen LogP contribution in [-0.4, -0.2) is 24.5 Å². The summed E-state index contributed by atoms with van der Waals surface area (Å²) in [6.07, 6.45) is 39.3. The summed E-state index contributed by atoms with van der Waals surface area (Å²) >= 11 is 0. The third-order valence-electron chi connectivity index (χ3n) is 7.73. The molecule has 0 aromatic rings. The van der Waals surface area contributed by atoms with Crippen LogP contribution in [0.2, 0.25) is 0 Å². The third-order valence-corrected chi connectivity index (χ3v) is 7.73. The molecule has 0 spiro atoms. The Hall–Kier alpha value is -0.0400. The summed E-state index contributed by atoms with van der Waals surface area (Å²) in [6, 6.07) is 0. The zero-order valence-corrected chi connectivity index (χ0v) is 24.7. The van der Waals surface area contributed by atoms with Crippen molar-refractivity contribution in [3.8, 4) is 0 Å². The van der Waals surface area contributed by atoms with E-state index in [0.29, 0.717) is 0 Å². The van der Waals surface area contributed by atoms with E-state index in [-0.39, 0.29) is 0 Å². The van der Waals surface area contributed by atoms with Gasteiger partial charge in [-0.3, -0.25) is 0 Å². The zero-order chi connectivity index (χ0) is 24.8. The number of hydrogen-bond donors (Lipinski definition) is 0. The first-order chi connectivity index (χ1) is 16.8. The van der Waals surface area contributed by atoms with Gasteiger partial charge in [-0.25, -0.2) is 0 Å². The second-order valence-corrected chi connectivity index (χ2v) is 11.3. The number of hydrogen-bond acceptors (Lipinski definition) is 1. The van der Waals surface area contributed by atoms with Gasteiger partial charge in [0, 0.05) is 0 Å². The maximum atomic E-state index is 2.73. The van der Waals surface area contributed by atoms with Gasteiger partial charge >= 0.3 is 0 Å². The molecule has 0 N–H and O–H groups in total. The molecule has 0 aromatic heterocycles. The van der Waals surface area contributed by atoms with Gasteiger partial charge in [-0.15, -0.1) is 0 Å². The molecule has 0 aliphatic heterocycles. The van der Waals surface area contributed by atoms with Crippen molar-refractivity contribution in [3.05, 3.63) is 0 Å². The van der Waals surface area contributed by atoms with Gasteiger partial charge in [0.15, 0.2) is 0 Å². The summed E-state index contributed by atoms with van der Waals surface area (Å²) in [6.45, 7) is 10.9. The summed E-state index contributed by atoms with van der Waals surface area (Å²) < 4.78 is 0. The van der Waals surface area contributed by atoms with Crippen LogP contribution >= 0.6 is 0 Å². The van der Waals surface area contributed by atoms with E-state index in [9.17, 15) is 0 Å². The van der Waals surface area contributed by atoms with Gasteiger partial charge in [-0.2, -0.15) is 0 Å². The normalized spacial score (nSPS) is 11.6. The first-order valence-electron chi connectivity index (χ1n) is 16.6. The maximum absolute atomic E-state index is 2.73. The van der Waals surface area contributed by atoms with E-state index in [4.69, 9.17) is 0 Å². The second-order valence-electron chi connectivity index (χ2n) is 11.3. The van der Waals surface area contributed by atoms with Crippen molar-refractivity contribution in [3.63, 3.8) is 0 Å². The summed E-state index contributed by atoms with van der Waals surface area (Å²) in [5.74, 6) is 0. The Labute approximate surface area is 218 Å². The smallest absolute Gasteiger partial charge is 0.00187 e. The Kier molecular flexibility index (Phi) is 31.0. The lowest BCUT2D eigenvalue weighted by Crippen LogP contribution is -2.27. The first kappa shape index (κ1) is 34.0. The van der Waals surface area contributed by atoms with E-state index in [1.165, 1.54) is 193 Å². The second kappa shape index (κ2) is 31.0. The lowest BCUT2D eigenvalue weighted by Gasteiger charge is -2.21. The highest BCUT2D eigenvalue weighted by molar-refractivity contribution is 4.59. The molecule has 0 fully saturated rings. The van der Waals surface area contributed by atoms with Crippen molar-refractivity contribution in [1.29, 1.82) is 0 Å². The van der Waals surface area contributed by atoms with Crippen LogP contribution < -0.4 is 0 Å². The lowest BCUT2D eigenvalue weighted by molar-refractivity contribution is 0.259. The van der Waals surface area contributed by atoms with Crippen LogP contribution in [0.15, 0.2) is 0 Å². The molecular weight excluding hydrogens is 410 g/mol. The number of nitrogens with zero attached hydrogens (tertiary/aromatic N) is 1. The number of rotatable bonds is 30. The van der Waals surface area contributed by atoms with Crippen LogP contribution in [0.3, 0.4) is 0 Å². The quantitative estimate of drug-likeness (QED) is 0.0925. The molecule has 0 heterocycles. The third kappa shape index (κ3) is 28.2. The van der Waals surface area contributed by atoms with Crippen molar-refractivity contribution in [2.24, 2.45) is 0 Å². The summed E-state index contributed by atoms with van der Waals surface area (Å²) in [5, 5.41) is 0. The van der Waals surface area contributed by atoms with E-state index in [1.54, 1.807) is 0 Å². The zero-order valence-electron chi connectivity index (χ0n) is 24.7. The predicted octanol–water partition coefficient (Wildman–Crippen LogP) is 11.9. The van der Waals surface area contributed by atoms with Gasteiger partial charge in [-0.05, 0) is 38.9 Å². The molecule has 0 saturated heterocycles. The van der Waals surface area contributed by atoms with Crippen molar-refractivity contribution < 1.29 is 0 Å². The molecule has 206 valence electrons. The minimum atomic E-state index is 1.33. The molecule has 0 aliphatic rings. The van der Waals surface area contributed by atoms with Gasteiger partial charge in [0.1, 0.15) is 0 Å². The molecule has 0 aromatic carbocycles. The van der Waals surface area contributed by atoms with Gasteiger partial charge in [-0.1, -0.05) is 175 Å². The van der Waals surface area contributed by atoms with Crippen LogP contribution in [0.5, 0.6) is 0 Å². The SMILES string of the molecule is CCCCCCCCCCCCCCCCCCCCCCCCCN(CCCC)CCCC. The molecule has 1 heteroatoms. The average molecular weight is 480 g/mol. The molecule has 0 radical (unpaired) electrons. The summed E-state index contributed by atoms with van der Waals surface area (Å²) in [4.78, 5) is 2.73. The largest absolute Gasteiger partial charge is 0.303 e. The van der Waals surface area contributed by atoms with E-state index in [1.807, 2.05) is 0 Å². The lowest BCUT2D eigenvalue weighted by atomic mass is 10.0. The monoisotopic (exact) mass is 480 g/mol. The Morgan fingerprint density at radius 2 is 0.441 bits per heavy atom. The molecular formula is C33H69N. The molecule has 1 nitrogen and oxygen atoms in total. The minimum Gasteiger partial charge on any atom is -0.303 e. The average Bonchev–Trinajstić information content (AvgIpc) is 2.85. The van der Waals surface area contributed by atoms with Gasteiger partial charge in [0.25, 0.3) is 0 Å². The molecule has 0 aliphatic carbocycles. The summed E-state index contributed by atoms with van der Waals surface area (Å²) in [5.41, 5.74) is 0. The van der Waals surface area contributed by atoms with Crippen LogP contribution in [0.1, 0.15) is 194 Å². The fourth-order valence-electron chi connectivity index (χ4n) is 5.22. The molecule has 34 heavy (non-hydrogen) atoms. The van der Waals surface area contributed by atoms with Gasteiger partial charge < -0.3 is 4.90 Å². The van der Waals surface area contributed by atoms with Crippen molar-refractivity contribution in [2.75, 3.05) is 19.6 Å². The van der Waals surface area contributed by atoms with Crippen molar-refractivity contribution >= 4 is 0 Å². The molecule has 0 unspecified atom stereocenters. The summed E-state index contributed by atoms with van der Waals surface area (Å²) in [7, 11) is 0. The standard InChI is InChI=1S/C33H69N/c1-4-7-10-11-12-13-14-15-16-17-18-19-20-21-22-23-24-25-26-27-28-29-30-33-34(31-8-5-2)32-9-6-3/h4-33H2,1-3H3. The fraction of sp³-hybridized carbons (Fsp3) is 1.00. The van der Waals surface area contributed by atoms with Crippen molar-refractivity contribution in [1.82, 2.24) is 4.90 Å². The fourth-order valence-corrected chi connectivity index (χ4v) is 5.22. The topological polar surface area (TPSA) is 3.24 Å². The van der Waals surface area contributed by atoms with Crippen LogP contribution in [0.4, 0.5) is 0 Å². The maximum Gasteiger partial charge on any atom is -0.00187 e. The van der Waals surface area contributed by atoms with Crippen LogP contribution in [0, 0.1) is 0 Å². The van der Waals surface area contributed by atoms with Crippen LogP contribution in [-0.2, 0) is 0 Å². The minimum absolute atomic E-state index is 1.33. The van der Waals surface area contributed by atoms with Crippen LogP contribution in [0.25, 0.3) is 0 Å². The van der Waals surface area contributed by atoms with Crippen molar-refractivity contribution in [2.45, 2.75) is 194 Å². The number of unbranched alkanes of at least 4 members (excludes halogenated alkanes) is 24. The Morgan fingerprint density at radius 1 is 0.235 bits per heavy atom. The van der Waals surface area contributed by atoms with E-state index >= 15 is 0 Å². The Bertz CT molecular complexity index is 331. The van der Waals surface area contributed by atoms with Gasteiger partial charge in [0.2, 0.25) is 0 Å². The van der Waals surface area contributed by atoms with Gasteiger partial charge in [0.05, 0.1) is 0 Å². The van der Waals surface area contributed by atoms with E-state index < -0.39 is 0 Å². The molecule has 0 atom stereocenters. The van der Waals surface area contributed by atoms with E-state index in [2.05, 4.69) is 25.7 Å². The Morgan fingerprint density at radius 3 is 0.706 bits per heavy atom. The Balaban J connectivity index is 3.18. The van der Waals surface area contributed by atoms with E-state index in [0.717, 1.165) is 0 Å². The highest BCUT2D eigenvalue weighted by Gasteiger charge is 2.03. The highest BCUT2D eigenvalue weighted by Crippen LogP contribution is 2.15. The highest BCUT2D eigenvalue weighted by atomic mass is 15.1. The predicted molar refractivity (Wildman–Crippen MR) is 158 cm³/mol. The molecule has 0 bridgehead atoms. The molecule has 0 amide bonds. The first-order valence-corrected chi connectivity index (χ1v) is 16.6. The molecule has 0 rings (SSSR count). The molecule has 0 saturated carbocycles.